The number of rotatable bonds is 6. The van der Waals surface area contributed by atoms with Crippen LogP contribution in [0.25, 0.3) is 10.9 Å². The van der Waals surface area contributed by atoms with Crippen molar-refractivity contribution >= 4 is 39.8 Å². The molecule has 4 rings (SSSR count). The minimum Gasteiger partial charge on any atom is -0.355 e. The highest BCUT2D eigenvalue weighted by Gasteiger charge is 2.17. The van der Waals surface area contributed by atoms with E-state index in [2.05, 4.69) is 20.6 Å². The first-order valence-corrected chi connectivity index (χ1v) is 9.72. The quantitative estimate of drug-likeness (QED) is 0.427. The SMILES string of the molecule is [2H]C([2H])([2H])NC(=O)c1cnc(Nc2ccc(F)cn2)cc1Nc1cn(C)c2ccn(CC)c(=O)c12. The van der Waals surface area contributed by atoms with Gasteiger partial charge in [-0.3, -0.25) is 9.59 Å². The molecule has 0 aliphatic heterocycles. The molecule has 0 saturated carbocycles. The first kappa shape index (κ1) is 17.5. The topological polar surface area (TPSA) is 106 Å². The van der Waals surface area contributed by atoms with E-state index in [1.165, 1.54) is 24.4 Å². The molecule has 0 unspecified atom stereocenters. The van der Waals surface area contributed by atoms with Crippen molar-refractivity contribution < 1.29 is 13.3 Å². The summed E-state index contributed by atoms with van der Waals surface area (Å²) in [6, 6.07) is 5.92. The molecular weight excluding hydrogens is 413 g/mol. The summed E-state index contributed by atoms with van der Waals surface area (Å²) in [4.78, 5) is 33.8. The predicted molar refractivity (Wildman–Crippen MR) is 121 cm³/mol. The molecule has 0 saturated heterocycles. The van der Waals surface area contributed by atoms with Gasteiger partial charge in [0.2, 0.25) is 0 Å². The number of fused-ring (bicyclic) bond motifs is 1. The van der Waals surface area contributed by atoms with Crippen molar-refractivity contribution in [2.45, 2.75) is 13.5 Å². The summed E-state index contributed by atoms with van der Waals surface area (Å²) in [5, 5.41) is 8.34. The van der Waals surface area contributed by atoms with Gasteiger partial charge in [-0.2, -0.15) is 0 Å². The molecule has 0 spiro atoms. The molecule has 0 bridgehead atoms. The number of nitrogens with one attached hydrogen (secondary N) is 3. The van der Waals surface area contributed by atoms with Crippen molar-refractivity contribution in [1.82, 2.24) is 24.4 Å². The Morgan fingerprint density at radius 2 is 1.97 bits per heavy atom. The maximum atomic E-state index is 13.2. The third kappa shape index (κ3) is 3.89. The average molecular weight is 438 g/mol. The second-order valence-electron chi connectivity index (χ2n) is 7.00. The van der Waals surface area contributed by atoms with Crippen molar-refractivity contribution in [2.75, 3.05) is 17.6 Å². The Bertz CT molecular complexity index is 1460. The number of nitrogens with zero attached hydrogens (tertiary/aromatic N) is 4. The van der Waals surface area contributed by atoms with Crippen molar-refractivity contribution in [3.63, 3.8) is 0 Å². The Morgan fingerprint density at radius 3 is 2.69 bits per heavy atom. The van der Waals surface area contributed by atoms with Gasteiger partial charge in [0.25, 0.3) is 11.5 Å². The molecule has 4 aromatic rings. The van der Waals surface area contributed by atoms with E-state index in [-0.39, 0.29) is 22.6 Å². The summed E-state index contributed by atoms with van der Waals surface area (Å²) in [7, 11) is 1.78. The van der Waals surface area contributed by atoms with Crippen LogP contribution in [0, 0.1) is 5.82 Å². The van der Waals surface area contributed by atoms with Crippen molar-refractivity contribution in [2.24, 2.45) is 7.05 Å². The maximum Gasteiger partial charge on any atom is 0.262 e. The van der Waals surface area contributed by atoms with E-state index in [1.807, 2.05) is 18.3 Å². The molecule has 32 heavy (non-hydrogen) atoms. The third-order valence-electron chi connectivity index (χ3n) is 4.97. The van der Waals surface area contributed by atoms with Crippen LogP contribution in [-0.4, -0.2) is 32.0 Å². The number of anilines is 4. The molecule has 0 aromatic carbocycles. The minimum atomic E-state index is -2.71. The number of pyridine rings is 3. The molecule has 3 N–H and O–H groups in total. The van der Waals surface area contributed by atoms with Gasteiger partial charge in [0.05, 0.1) is 34.0 Å². The van der Waals surface area contributed by atoms with Crippen molar-refractivity contribution in [1.29, 1.82) is 0 Å². The lowest BCUT2D eigenvalue weighted by Crippen LogP contribution is -2.20. The fourth-order valence-electron chi connectivity index (χ4n) is 3.38. The van der Waals surface area contributed by atoms with Gasteiger partial charge in [0.1, 0.15) is 17.5 Å². The molecule has 1 amide bonds. The van der Waals surface area contributed by atoms with Gasteiger partial charge in [-0.1, -0.05) is 0 Å². The summed E-state index contributed by atoms with van der Waals surface area (Å²) < 4.78 is 38.6. The van der Waals surface area contributed by atoms with E-state index in [4.69, 9.17) is 4.11 Å². The van der Waals surface area contributed by atoms with Crippen LogP contribution in [0.3, 0.4) is 0 Å². The number of aromatic nitrogens is 4. The van der Waals surface area contributed by atoms with E-state index in [0.29, 0.717) is 29.0 Å². The number of carbonyl (C=O) groups excluding carboxylic acids is 1. The number of carbonyl (C=O) groups is 1. The molecule has 0 aliphatic rings. The highest BCUT2D eigenvalue weighted by molar-refractivity contribution is 6.02. The number of aryl methyl sites for hydroxylation is 2. The van der Waals surface area contributed by atoms with Gasteiger partial charge >= 0.3 is 0 Å². The largest absolute Gasteiger partial charge is 0.355 e. The van der Waals surface area contributed by atoms with E-state index in [0.717, 1.165) is 6.20 Å². The van der Waals surface area contributed by atoms with Crippen LogP contribution >= 0.6 is 0 Å². The van der Waals surface area contributed by atoms with Crippen molar-refractivity contribution in [3.8, 4) is 0 Å². The van der Waals surface area contributed by atoms with E-state index in [9.17, 15) is 14.0 Å². The van der Waals surface area contributed by atoms with Gasteiger partial charge in [0, 0.05) is 49.3 Å². The monoisotopic (exact) mass is 438 g/mol. The fourth-order valence-corrected chi connectivity index (χ4v) is 3.38. The first-order chi connectivity index (χ1) is 16.6. The van der Waals surface area contributed by atoms with Gasteiger partial charge in [0.15, 0.2) is 0 Å². The zero-order chi connectivity index (χ0) is 25.3. The Balaban J connectivity index is 1.79. The number of hydrogen-bond acceptors (Lipinski definition) is 6. The van der Waals surface area contributed by atoms with Crippen LogP contribution in [0.15, 0.2) is 53.8 Å². The van der Waals surface area contributed by atoms with Gasteiger partial charge in [-0.15, -0.1) is 0 Å². The maximum absolute atomic E-state index is 13.2. The Morgan fingerprint density at radius 1 is 1.16 bits per heavy atom. The molecule has 164 valence electrons. The Labute approximate surface area is 187 Å². The highest BCUT2D eigenvalue weighted by Crippen LogP contribution is 2.29. The molecule has 0 fully saturated rings. The first-order valence-electron chi connectivity index (χ1n) is 11.2. The van der Waals surface area contributed by atoms with Crippen LogP contribution in [-0.2, 0) is 13.6 Å². The summed E-state index contributed by atoms with van der Waals surface area (Å²) >= 11 is 0. The van der Waals surface area contributed by atoms with Crippen molar-refractivity contribution in [3.05, 3.63) is 70.8 Å². The van der Waals surface area contributed by atoms with Crippen LogP contribution in [0.1, 0.15) is 21.4 Å². The zero-order valence-corrected chi connectivity index (χ0v) is 17.3. The smallest absolute Gasteiger partial charge is 0.262 e. The van der Waals surface area contributed by atoms with Gasteiger partial charge < -0.3 is 25.1 Å². The Kier molecular flexibility index (Phi) is 4.64. The Hall–Kier alpha value is -4.21. The fraction of sp³-hybridized carbons (Fsp3) is 0.182. The average Bonchev–Trinajstić information content (AvgIpc) is 3.10. The van der Waals surface area contributed by atoms with Crippen LogP contribution in [0.5, 0.6) is 0 Å². The van der Waals surface area contributed by atoms with Gasteiger partial charge in [-0.25, -0.2) is 14.4 Å². The van der Waals surface area contributed by atoms with E-state index < -0.39 is 18.7 Å². The number of amides is 1. The highest BCUT2D eigenvalue weighted by atomic mass is 19.1. The molecule has 10 heteroatoms. The lowest BCUT2D eigenvalue weighted by Gasteiger charge is -2.13. The molecule has 0 radical (unpaired) electrons. The zero-order valence-electron chi connectivity index (χ0n) is 20.3. The standard InChI is InChI=1S/C22H22FN7O2/c1-4-30-8-7-17-20(22(30)32)16(12-29(17)3)27-15-9-19(26-11-14(15)21(31)24-2)28-18-6-5-13(23)10-25-18/h5-12H,4H2,1-3H3,(H,24,31)(H2,25,26,27,28)/i2D3. The van der Waals surface area contributed by atoms with Crippen LogP contribution in [0.2, 0.25) is 0 Å². The molecule has 9 nitrogen and oxygen atoms in total. The predicted octanol–water partition coefficient (Wildman–Crippen LogP) is 3.14. The lowest BCUT2D eigenvalue weighted by atomic mass is 10.2. The van der Waals surface area contributed by atoms with Gasteiger partial charge in [-0.05, 0) is 25.1 Å². The third-order valence-corrected chi connectivity index (χ3v) is 4.97. The molecule has 4 aromatic heterocycles. The summed E-state index contributed by atoms with van der Waals surface area (Å²) in [5.41, 5.74) is 1.03. The molecular formula is C22H22FN7O2. The second kappa shape index (κ2) is 8.50. The minimum absolute atomic E-state index is 0.0532. The lowest BCUT2D eigenvalue weighted by molar-refractivity contribution is 0.0963. The second-order valence-corrected chi connectivity index (χ2v) is 7.00. The van der Waals surface area contributed by atoms with E-state index >= 15 is 0 Å². The normalized spacial score (nSPS) is 12.7. The van der Waals surface area contributed by atoms with Crippen LogP contribution < -0.4 is 21.5 Å². The molecule has 0 atom stereocenters. The number of hydrogen-bond donors (Lipinski definition) is 3. The summed E-state index contributed by atoms with van der Waals surface area (Å²) in [5.74, 6) is -0.822. The van der Waals surface area contributed by atoms with E-state index in [1.54, 1.807) is 28.6 Å². The summed E-state index contributed by atoms with van der Waals surface area (Å²) in [6.07, 6.45) is 5.64. The van der Waals surface area contributed by atoms with Crippen LogP contribution in [0.4, 0.5) is 27.4 Å². The summed E-state index contributed by atoms with van der Waals surface area (Å²) in [6.45, 7) is -0.383. The number of halogens is 1. The molecule has 0 aliphatic carbocycles. The molecule has 4 heterocycles.